The molecule has 0 saturated heterocycles. The molecular formula is C39H65NO. The zero-order chi connectivity index (χ0) is 30.2. The second-order valence-electron chi connectivity index (χ2n) is 17.6. The minimum atomic E-state index is -0.00583. The van der Waals surface area contributed by atoms with Crippen molar-refractivity contribution >= 4 is 0 Å². The van der Waals surface area contributed by atoms with Crippen LogP contribution < -0.4 is 5.32 Å². The third-order valence-electron chi connectivity index (χ3n) is 15.1. The van der Waals surface area contributed by atoms with Crippen molar-refractivity contribution in [2.45, 2.75) is 139 Å². The van der Waals surface area contributed by atoms with Crippen molar-refractivity contribution in [3.05, 3.63) is 35.5 Å². The van der Waals surface area contributed by atoms with E-state index < -0.39 is 0 Å². The van der Waals surface area contributed by atoms with Crippen LogP contribution in [0.1, 0.15) is 128 Å². The first-order chi connectivity index (χ1) is 19.1. The fourth-order valence-corrected chi connectivity index (χ4v) is 11.4. The summed E-state index contributed by atoms with van der Waals surface area (Å²) >= 11 is 0. The smallest absolute Gasteiger partial charge is 0.0845 e. The van der Waals surface area contributed by atoms with Crippen LogP contribution in [0.25, 0.3) is 0 Å². The number of likely N-dealkylation sites (N-methyl/N-ethyl adjacent to an activating group) is 1. The predicted octanol–water partition coefficient (Wildman–Crippen LogP) is 10.2. The Morgan fingerprint density at radius 3 is 2.37 bits per heavy atom. The van der Waals surface area contributed by atoms with Gasteiger partial charge in [0.1, 0.15) is 0 Å². The van der Waals surface area contributed by atoms with Gasteiger partial charge < -0.3 is 10.1 Å². The minimum Gasteiger partial charge on any atom is -0.371 e. The first-order valence-electron chi connectivity index (χ1n) is 17.4. The molecule has 0 aliphatic heterocycles. The van der Waals surface area contributed by atoms with Gasteiger partial charge in [-0.3, -0.25) is 0 Å². The van der Waals surface area contributed by atoms with Crippen LogP contribution in [0.4, 0.5) is 0 Å². The van der Waals surface area contributed by atoms with E-state index in [4.69, 9.17) is 4.74 Å². The Balaban J connectivity index is 1.44. The zero-order valence-electron chi connectivity index (χ0n) is 29.0. The van der Waals surface area contributed by atoms with Crippen LogP contribution in [0.2, 0.25) is 0 Å². The molecule has 2 nitrogen and oxygen atoms in total. The van der Waals surface area contributed by atoms with Crippen molar-refractivity contribution in [3.8, 4) is 0 Å². The van der Waals surface area contributed by atoms with E-state index in [2.05, 4.69) is 113 Å². The van der Waals surface area contributed by atoms with Gasteiger partial charge in [0, 0.05) is 11.0 Å². The second-order valence-corrected chi connectivity index (χ2v) is 17.6. The van der Waals surface area contributed by atoms with Crippen LogP contribution in [0.5, 0.6) is 0 Å². The molecular weight excluding hydrogens is 498 g/mol. The van der Waals surface area contributed by atoms with E-state index >= 15 is 0 Å². The van der Waals surface area contributed by atoms with E-state index in [-0.39, 0.29) is 22.5 Å². The molecule has 2 bridgehead atoms. The highest BCUT2D eigenvalue weighted by Gasteiger charge is 2.66. The largest absolute Gasteiger partial charge is 0.371 e. The summed E-state index contributed by atoms with van der Waals surface area (Å²) in [5.41, 5.74) is 4.95. The van der Waals surface area contributed by atoms with Crippen molar-refractivity contribution in [1.82, 2.24) is 5.32 Å². The molecule has 0 aromatic carbocycles. The van der Waals surface area contributed by atoms with Crippen LogP contribution in [0.15, 0.2) is 35.5 Å². The van der Waals surface area contributed by atoms with Crippen molar-refractivity contribution in [1.29, 1.82) is 0 Å². The molecule has 1 spiro atoms. The van der Waals surface area contributed by atoms with Gasteiger partial charge in [-0.2, -0.15) is 0 Å². The summed E-state index contributed by atoms with van der Waals surface area (Å²) in [5.74, 6) is 3.44. The third-order valence-corrected chi connectivity index (χ3v) is 15.1. The lowest BCUT2D eigenvalue weighted by Gasteiger charge is -2.69. The molecule has 2 heteroatoms. The molecule has 0 aromatic rings. The maximum Gasteiger partial charge on any atom is 0.0845 e. The first kappa shape index (κ1) is 31.6. The minimum absolute atomic E-state index is 0.00583. The van der Waals surface area contributed by atoms with Crippen molar-refractivity contribution < 1.29 is 4.74 Å². The lowest BCUT2D eigenvalue weighted by molar-refractivity contribution is -0.149. The van der Waals surface area contributed by atoms with E-state index in [0.29, 0.717) is 28.1 Å². The third kappa shape index (κ3) is 4.45. The maximum atomic E-state index is 6.95. The molecule has 0 aromatic heterocycles. The van der Waals surface area contributed by atoms with Crippen LogP contribution in [0.3, 0.4) is 0 Å². The van der Waals surface area contributed by atoms with E-state index in [1.54, 1.807) is 5.57 Å². The average molecular weight is 564 g/mol. The molecule has 3 fully saturated rings. The SMILES string of the molecule is C/C=C1/C[C@@](C)(C2CCC3C(=CC[C@]45C=CC[C@]([C@H](C)C(C)C)(CCC34C)C5)C2(C)C)C1OC[C@](C)(NC)C(C)C. The Morgan fingerprint density at radius 1 is 1.05 bits per heavy atom. The molecule has 4 unspecified atom stereocenters. The molecule has 0 heterocycles. The first-order valence-corrected chi connectivity index (χ1v) is 17.4. The lowest BCUT2D eigenvalue weighted by Crippen LogP contribution is -2.62. The molecule has 0 amide bonds. The molecule has 3 saturated carbocycles. The highest BCUT2D eigenvalue weighted by atomic mass is 16.5. The summed E-state index contributed by atoms with van der Waals surface area (Å²) in [6, 6.07) is 0. The number of rotatable bonds is 8. The summed E-state index contributed by atoms with van der Waals surface area (Å²) in [5, 5.41) is 3.58. The lowest BCUT2D eigenvalue weighted by atomic mass is 9.36. The predicted molar refractivity (Wildman–Crippen MR) is 176 cm³/mol. The Hall–Kier alpha value is -0.860. The van der Waals surface area contributed by atoms with Gasteiger partial charge in [0.2, 0.25) is 0 Å². The highest BCUT2D eigenvalue weighted by molar-refractivity contribution is 5.37. The van der Waals surface area contributed by atoms with Gasteiger partial charge in [-0.1, -0.05) is 92.2 Å². The van der Waals surface area contributed by atoms with Gasteiger partial charge >= 0.3 is 0 Å². The summed E-state index contributed by atoms with van der Waals surface area (Å²) in [7, 11) is 2.09. The Labute approximate surface area is 254 Å². The van der Waals surface area contributed by atoms with Gasteiger partial charge in [0.25, 0.3) is 0 Å². The molecule has 232 valence electrons. The van der Waals surface area contributed by atoms with E-state index in [1.165, 1.54) is 56.9 Å². The number of allylic oxidation sites excluding steroid dienone is 5. The summed E-state index contributed by atoms with van der Waals surface area (Å²) in [6.07, 6.45) is 21.4. The van der Waals surface area contributed by atoms with E-state index in [0.717, 1.165) is 24.4 Å². The Kier molecular flexibility index (Phi) is 7.97. The van der Waals surface area contributed by atoms with Crippen LogP contribution in [-0.4, -0.2) is 25.3 Å². The number of hydrogen-bond donors (Lipinski definition) is 1. The summed E-state index contributed by atoms with van der Waals surface area (Å²) in [6.45, 7) is 27.9. The topological polar surface area (TPSA) is 21.3 Å². The van der Waals surface area contributed by atoms with Crippen molar-refractivity contribution in [3.63, 3.8) is 0 Å². The number of fused-ring (bicyclic) bond motifs is 3. The maximum absolute atomic E-state index is 6.95. The quantitative estimate of drug-likeness (QED) is 0.297. The monoisotopic (exact) mass is 564 g/mol. The number of nitrogens with one attached hydrogen (secondary N) is 1. The molecule has 0 radical (unpaired) electrons. The molecule has 5 aliphatic carbocycles. The average Bonchev–Trinajstić information content (AvgIpc) is 2.91. The van der Waals surface area contributed by atoms with Gasteiger partial charge in [0.05, 0.1) is 12.7 Å². The Morgan fingerprint density at radius 2 is 1.76 bits per heavy atom. The zero-order valence-corrected chi connectivity index (χ0v) is 29.0. The summed E-state index contributed by atoms with van der Waals surface area (Å²) < 4.78 is 6.95. The van der Waals surface area contributed by atoms with Gasteiger partial charge in [-0.05, 0) is 129 Å². The van der Waals surface area contributed by atoms with Gasteiger partial charge in [0.15, 0.2) is 0 Å². The van der Waals surface area contributed by atoms with E-state index in [1.807, 2.05) is 0 Å². The fourth-order valence-electron chi connectivity index (χ4n) is 11.4. The van der Waals surface area contributed by atoms with Gasteiger partial charge in [-0.15, -0.1) is 0 Å². The molecule has 9 atom stereocenters. The normalized spacial score (nSPS) is 44.6. The Bertz CT molecular complexity index is 1090. The van der Waals surface area contributed by atoms with Crippen LogP contribution in [0, 0.1) is 56.7 Å². The van der Waals surface area contributed by atoms with Crippen LogP contribution in [-0.2, 0) is 4.74 Å². The fraction of sp³-hybridized carbons (Fsp3) is 0.846. The van der Waals surface area contributed by atoms with Gasteiger partial charge in [-0.25, -0.2) is 0 Å². The molecule has 5 aliphatic rings. The second kappa shape index (κ2) is 10.4. The van der Waals surface area contributed by atoms with Crippen molar-refractivity contribution in [2.24, 2.45) is 56.7 Å². The molecule has 41 heavy (non-hydrogen) atoms. The van der Waals surface area contributed by atoms with E-state index in [9.17, 15) is 0 Å². The molecule has 1 N–H and O–H groups in total. The molecule has 5 rings (SSSR count). The van der Waals surface area contributed by atoms with Crippen molar-refractivity contribution in [2.75, 3.05) is 13.7 Å². The number of hydrogen-bond acceptors (Lipinski definition) is 2. The number of ether oxygens (including phenoxy) is 1. The summed E-state index contributed by atoms with van der Waals surface area (Å²) in [4.78, 5) is 0. The van der Waals surface area contributed by atoms with Crippen LogP contribution >= 0.6 is 0 Å². The standard InChI is InChI=1S/C39H65NO/c1-13-29-23-35(9,33(29)41-25-37(11,40-12)27(4)5)32-16-15-31-30(34(32,7)8)17-20-39-19-14-18-38(24-39,28(6)26(2)3)22-21-36(31,39)10/h13-14,17,19,26-28,31-33,40H,15-16,18,20-25H2,1-12H3/b29-13-/t28-,31?,32?,33?,35+,36?,37+,38+,39+/m1/s1. The highest BCUT2D eigenvalue weighted by Crippen LogP contribution is 2.74.